The summed E-state index contributed by atoms with van der Waals surface area (Å²) in [5.41, 5.74) is 0.717. The van der Waals surface area contributed by atoms with Crippen molar-refractivity contribution >= 4 is 34.6 Å². The molecule has 37 heavy (non-hydrogen) atoms. The lowest BCUT2D eigenvalue weighted by molar-refractivity contribution is -0.132. The maximum atomic E-state index is 14.1. The maximum Gasteiger partial charge on any atom is 0.277 e. The van der Waals surface area contributed by atoms with Crippen LogP contribution < -0.4 is 9.64 Å². The molecular weight excluding hydrogens is 500 g/mol. The molecule has 0 saturated carbocycles. The van der Waals surface area contributed by atoms with Crippen LogP contribution in [0.3, 0.4) is 0 Å². The van der Waals surface area contributed by atoms with Gasteiger partial charge in [-0.1, -0.05) is 0 Å². The summed E-state index contributed by atoms with van der Waals surface area (Å²) in [7, 11) is 2.98. The number of benzene rings is 2. The Bertz CT molecular complexity index is 1290. The summed E-state index contributed by atoms with van der Waals surface area (Å²) < 4.78 is 32.4. The van der Waals surface area contributed by atoms with Crippen LogP contribution in [0.4, 0.5) is 14.5 Å². The molecule has 7 nitrogen and oxygen atoms in total. The minimum absolute atomic E-state index is 0.0294. The number of ether oxygens (including phenoxy) is 1. The zero-order valence-electron chi connectivity index (χ0n) is 20.6. The van der Waals surface area contributed by atoms with E-state index in [4.69, 9.17) is 4.74 Å². The summed E-state index contributed by atoms with van der Waals surface area (Å²) in [6, 6.07) is 9.87. The highest BCUT2D eigenvalue weighted by molar-refractivity contribution is 7.10. The summed E-state index contributed by atoms with van der Waals surface area (Å²) >= 11 is 1.36. The van der Waals surface area contributed by atoms with Gasteiger partial charge in [0.05, 0.1) is 17.8 Å². The number of Topliss-reactive ketones (excluding diaryl/α,β-unsaturated/α-hetero) is 1. The summed E-state index contributed by atoms with van der Waals surface area (Å²) in [6.07, 6.45) is 1.69. The van der Waals surface area contributed by atoms with Gasteiger partial charge in [-0.15, -0.1) is 11.3 Å². The molecule has 0 N–H and O–H groups in total. The van der Waals surface area contributed by atoms with Gasteiger partial charge < -0.3 is 14.5 Å². The number of amides is 2. The first-order chi connectivity index (χ1) is 17.8. The summed E-state index contributed by atoms with van der Waals surface area (Å²) in [5.74, 6) is -1.40. The lowest BCUT2D eigenvalue weighted by Crippen LogP contribution is -2.38. The molecule has 2 aromatic carbocycles. The number of likely N-dealkylation sites (tertiary alicyclic amines) is 1. The average molecular weight is 528 g/mol. The van der Waals surface area contributed by atoms with E-state index < -0.39 is 17.5 Å². The Morgan fingerprint density at radius 2 is 1.78 bits per heavy atom. The van der Waals surface area contributed by atoms with Gasteiger partial charge in [-0.25, -0.2) is 13.8 Å². The van der Waals surface area contributed by atoms with Gasteiger partial charge in [-0.2, -0.15) is 0 Å². The third kappa shape index (κ3) is 6.19. The van der Waals surface area contributed by atoms with E-state index in [-0.39, 0.29) is 41.8 Å². The lowest BCUT2D eigenvalue weighted by Gasteiger charge is -2.31. The molecule has 1 aliphatic rings. The fourth-order valence-corrected chi connectivity index (χ4v) is 5.25. The van der Waals surface area contributed by atoms with Crippen LogP contribution in [0, 0.1) is 11.6 Å². The molecule has 4 rings (SSSR count). The predicted molar refractivity (Wildman–Crippen MR) is 136 cm³/mol. The largest absolute Gasteiger partial charge is 0.497 e. The highest BCUT2D eigenvalue weighted by Gasteiger charge is 2.27. The normalized spacial score (nSPS) is 13.9. The summed E-state index contributed by atoms with van der Waals surface area (Å²) in [5, 5.41) is 2.43. The van der Waals surface area contributed by atoms with E-state index in [1.165, 1.54) is 24.5 Å². The maximum absolute atomic E-state index is 14.1. The van der Waals surface area contributed by atoms with E-state index >= 15 is 0 Å². The van der Waals surface area contributed by atoms with Gasteiger partial charge in [-0.05, 0) is 49.2 Å². The SMILES string of the molecule is COc1ccc(C(=O)CCC(=O)N2CCC(c3nc(C(=O)N(C)c4ccc(F)cc4F)cs3)CC2)cc1. The van der Waals surface area contributed by atoms with Crippen LogP contribution >= 0.6 is 11.3 Å². The molecular formula is C27H27F2N3O4S. The first-order valence-electron chi connectivity index (χ1n) is 11.9. The minimum atomic E-state index is -0.825. The second-order valence-electron chi connectivity index (χ2n) is 8.84. The number of nitrogens with zero attached hydrogens (tertiary/aromatic N) is 3. The van der Waals surface area contributed by atoms with Crippen molar-refractivity contribution in [3.8, 4) is 5.75 Å². The van der Waals surface area contributed by atoms with Crippen molar-refractivity contribution in [2.45, 2.75) is 31.6 Å². The fraction of sp³-hybridized carbons (Fsp3) is 0.333. The van der Waals surface area contributed by atoms with Crippen LogP contribution in [0.5, 0.6) is 5.75 Å². The van der Waals surface area contributed by atoms with Crippen LogP contribution in [0.25, 0.3) is 0 Å². The Balaban J connectivity index is 1.28. The monoisotopic (exact) mass is 527 g/mol. The van der Waals surface area contributed by atoms with Crippen molar-refractivity contribution in [1.82, 2.24) is 9.88 Å². The third-order valence-corrected chi connectivity index (χ3v) is 7.50. The van der Waals surface area contributed by atoms with Crippen LogP contribution in [-0.2, 0) is 4.79 Å². The topological polar surface area (TPSA) is 79.8 Å². The molecule has 0 bridgehead atoms. The molecule has 0 unspecified atom stereocenters. The van der Waals surface area contributed by atoms with E-state index in [1.54, 1.807) is 41.7 Å². The molecule has 1 fully saturated rings. The van der Waals surface area contributed by atoms with Crippen molar-refractivity contribution in [1.29, 1.82) is 0 Å². The Labute approximate surface area is 217 Å². The minimum Gasteiger partial charge on any atom is -0.497 e. The Morgan fingerprint density at radius 3 is 2.43 bits per heavy atom. The van der Waals surface area contributed by atoms with Gasteiger partial charge in [0.1, 0.15) is 23.1 Å². The van der Waals surface area contributed by atoms with Crippen LogP contribution in [0.2, 0.25) is 0 Å². The Kier molecular flexibility index (Phi) is 8.27. The molecule has 0 spiro atoms. The van der Waals surface area contributed by atoms with E-state index in [9.17, 15) is 23.2 Å². The van der Waals surface area contributed by atoms with Crippen molar-refractivity contribution in [3.63, 3.8) is 0 Å². The van der Waals surface area contributed by atoms with Gasteiger partial charge in [0, 0.05) is 55.9 Å². The van der Waals surface area contributed by atoms with Gasteiger partial charge in [-0.3, -0.25) is 14.4 Å². The number of hydrogen-bond acceptors (Lipinski definition) is 6. The number of halogens is 2. The molecule has 1 saturated heterocycles. The van der Waals surface area contributed by atoms with Crippen molar-refractivity contribution in [2.24, 2.45) is 0 Å². The molecule has 194 valence electrons. The molecule has 3 aromatic rings. The molecule has 2 heterocycles. The van der Waals surface area contributed by atoms with Gasteiger partial charge in [0.25, 0.3) is 5.91 Å². The molecule has 10 heteroatoms. The zero-order chi connectivity index (χ0) is 26.5. The molecule has 0 radical (unpaired) electrons. The first kappa shape index (κ1) is 26.4. The van der Waals surface area contributed by atoms with Crippen molar-refractivity contribution in [3.05, 3.63) is 75.7 Å². The van der Waals surface area contributed by atoms with Crippen LogP contribution in [0.1, 0.15) is 57.5 Å². The number of rotatable bonds is 8. The van der Waals surface area contributed by atoms with Gasteiger partial charge in [0.15, 0.2) is 5.78 Å². The number of anilines is 1. The summed E-state index contributed by atoms with van der Waals surface area (Å²) in [4.78, 5) is 45.2. The zero-order valence-corrected chi connectivity index (χ0v) is 21.4. The number of carbonyl (C=O) groups is 3. The van der Waals surface area contributed by atoms with Gasteiger partial charge in [0.2, 0.25) is 5.91 Å². The van der Waals surface area contributed by atoms with Gasteiger partial charge >= 0.3 is 0 Å². The third-order valence-electron chi connectivity index (χ3n) is 6.49. The lowest BCUT2D eigenvalue weighted by atomic mass is 9.97. The number of piperidine rings is 1. The van der Waals surface area contributed by atoms with Crippen LogP contribution in [-0.4, -0.2) is 54.7 Å². The Hall–Kier alpha value is -3.66. The number of thiazole rings is 1. The molecule has 1 aliphatic heterocycles. The average Bonchev–Trinajstić information content (AvgIpc) is 3.41. The highest BCUT2D eigenvalue weighted by Crippen LogP contribution is 2.31. The van der Waals surface area contributed by atoms with E-state index in [0.29, 0.717) is 37.2 Å². The number of ketones is 1. The summed E-state index contributed by atoms with van der Waals surface area (Å²) in [6.45, 7) is 1.09. The quantitative estimate of drug-likeness (QED) is 0.382. The predicted octanol–water partition coefficient (Wildman–Crippen LogP) is 5.08. The smallest absolute Gasteiger partial charge is 0.277 e. The second-order valence-corrected chi connectivity index (χ2v) is 9.73. The number of methoxy groups -OCH3 is 1. The number of carbonyl (C=O) groups excluding carboxylic acids is 3. The van der Waals surface area contributed by atoms with Crippen molar-refractivity contribution in [2.75, 3.05) is 32.1 Å². The van der Waals surface area contributed by atoms with E-state index in [2.05, 4.69) is 4.98 Å². The van der Waals surface area contributed by atoms with Crippen molar-refractivity contribution < 1.29 is 27.9 Å². The number of aromatic nitrogens is 1. The second kappa shape index (κ2) is 11.6. The standard InChI is InChI=1S/C27H27F2N3O4S/c1-31(23-8-5-19(28)15-21(23)29)27(35)22-16-37-26(30-22)18-11-13-32(14-12-18)25(34)10-9-24(33)17-3-6-20(36-2)7-4-17/h3-8,15-16,18H,9-14H2,1-2H3. The molecule has 2 amide bonds. The molecule has 1 aromatic heterocycles. The van der Waals surface area contributed by atoms with E-state index in [1.807, 2.05) is 0 Å². The highest BCUT2D eigenvalue weighted by atomic mass is 32.1. The Morgan fingerprint density at radius 1 is 1.08 bits per heavy atom. The fourth-order valence-electron chi connectivity index (χ4n) is 4.28. The van der Waals surface area contributed by atoms with E-state index in [0.717, 1.165) is 22.0 Å². The molecule has 0 aliphatic carbocycles. The first-order valence-corrected chi connectivity index (χ1v) is 12.8. The van der Waals surface area contributed by atoms with Crippen LogP contribution in [0.15, 0.2) is 47.8 Å². The molecule has 0 atom stereocenters. The number of hydrogen-bond donors (Lipinski definition) is 0.